The van der Waals surface area contributed by atoms with Crippen molar-refractivity contribution in [2.75, 3.05) is 11.9 Å². The Labute approximate surface area is 161 Å². The number of fused-ring (bicyclic) bond motifs is 1. The van der Waals surface area contributed by atoms with Crippen LogP contribution in [0.4, 0.5) is 5.95 Å². The van der Waals surface area contributed by atoms with Gasteiger partial charge in [0.15, 0.2) is 5.52 Å². The molecule has 3 rings (SSSR count). The van der Waals surface area contributed by atoms with Crippen molar-refractivity contribution in [3.05, 3.63) is 50.4 Å². The number of rotatable bonds is 6. The Hall–Kier alpha value is -1.36. The molecule has 2 aromatic heterocycles. The van der Waals surface area contributed by atoms with Crippen molar-refractivity contribution >= 4 is 63.0 Å². The molecule has 0 spiro atoms. The summed E-state index contributed by atoms with van der Waals surface area (Å²) in [6, 6.07) is 5.35. The average molecular weight is 479 g/mol. The molecule has 2 heterocycles. The molecule has 1 aromatic carbocycles. The van der Waals surface area contributed by atoms with E-state index in [0.717, 1.165) is 5.56 Å². The molecule has 10 heteroatoms. The minimum Gasteiger partial charge on any atom is -0.352 e. The molecule has 0 amide bonds. The van der Waals surface area contributed by atoms with Gasteiger partial charge in [-0.25, -0.2) is 4.98 Å². The highest BCUT2D eigenvalue weighted by molar-refractivity contribution is 14.1. The van der Waals surface area contributed by atoms with Crippen LogP contribution < -0.4 is 14.4 Å². The summed E-state index contributed by atoms with van der Waals surface area (Å²) < 4.78 is 4.63. The van der Waals surface area contributed by atoms with Gasteiger partial charge in [-0.15, -0.1) is 0 Å². The Balaban J connectivity index is 1.80. The fourth-order valence-electron chi connectivity index (χ4n) is 2.24. The number of benzene rings is 1. The molecule has 3 N–H and O–H groups in total. The second-order valence-electron chi connectivity index (χ2n) is 5.00. The fraction of sp³-hybridized carbons (Fsp3) is 0.214. The molecule has 126 valence electrons. The molecule has 7 nitrogen and oxygen atoms in total. The van der Waals surface area contributed by atoms with E-state index in [-0.39, 0.29) is 5.56 Å². The predicted molar refractivity (Wildman–Crippen MR) is 104 cm³/mol. The van der Waals surface area contributed by atoms with Gasteiger partial charge in [0, 0.05) is 36.0 Å². The molecule has 24 heavy (non-hydrogen) atoms. The van der Waals surface area contributed by atoms with Gasteiger partial charge in [0.2, 0.25) is 5.95 Å². The highest BCUT2D eigenvalue weighted by atomic mass is 127. The summed E-state index contributed by atoms with van der Waals surface area (Å²) in [5, 5.41) is 8.27. The largest absolute Gasteiger partial charge is 0.352 e. The highest BCUT2D eigenvalue weighted by Crippen LogP contribution is 2.22. The molecule has 0 saturated carbocycles. The lowest BCUT2D eigenvalue weighted by Gasteiger charge is -2.07. The summed E-state index contributed by atoms with van der Waals surface area (Å²) in [4.78, 5) is 19.4. The van der Waals surface area contributed by atoms with Gasteiger partial charge in [-0.1, -0.05) is 29.3 Å². The topological polar surface area (TPSA) is 87.6 Å². The number of anilines is 1. The Kier molecular flexibility index (Phi) is 5.59. The number of H-pyrrole nitrogens is 1. The molecule has 0 fully saturated rings. The first-order chi connectivity index (χ1) is 11.6. The average Bonchev–Trinajstić information content (AvgIpc) is 2.97. The molecule has 0 aliphatic carbocycles. The summed E-state index contributed by atoms with van der Waals surface area (Å²) in [5.41, 5.74) is 1.70. The molecular weight excluding hydrogens is 466 g/mol. The maximum atomic E-state index is 12.3. The highest BCUT2D eigenvalue weighted by Gasteiger charge is 2.10. The maximum Gasteiger partial charge on any atom is 0.278 e. The van der Waals surface area contributed by atoms with Gasteiger partial charge in [0.1, 0.15) is 5.52 Å². The van der Waals surface area contributed by atoms with Crippen LogP contribution >= 0.6 is 46.1 Å². The molecule has 3 aromatic rings. The summed E-state index contributed by atoms with van der Waals surface area (Å²) in [5.74, 6) is 0.380. The second-order valence-corrected chi connectivity index (χ2v) is 6.58. The smallest absolute Gasteiger partial charge is 0.278 e. The van der Waals surface area contributed by atoms with Crippen molar-refractivity contribution in [2.45, 2.75) is 13.1 Å². The zero-order chi connectivity index (χ0) is 17.1. The van der Waals surface area contributed by atoms with Crippen molar-refractivity contribution in [1.29, 1.82) is 0 Å². The SMILES string of the molecule is O=c1[nH]c(NCc2ccc(Cl)c(Cl)c2)nc2cnn(CCNI)c12. The van der Waals surface area contributed by atoms with E-state index in [4.69, 9.17) is 23.2 Å². The summed E-state index contributed by atoms with van der Waals surface area (Å²) in [6.45, 7) is 1.75. The lowest BCUT2D eigenvalue weighted by atomic mass is 10.2. The molecule has 0 radical (unpaired) electrons. The van der Waals surface area contributed by atoms with Crippen LogP contribution in [0.1, 0.15) is 5.56 Å². The van der Waals surface area contributed by atoms with Gasteiger partial charge in [-0.05, 0) is 17.7 Å². The number of nitrogens with zero attached hydrogens (tertiary/aromatic N) is 3. The Bertz CT molecular complexity index is 925. The number of aromatic nitrogens is 4. The summed E-state index contributed by atoms with van der Waals surface area (Å²) in [6.07, 6.45) is 1.59. The van der Waals surface area contributed by atoms with Crippen LogP contribution in [-0.2, 0) is 13.1 Å². The molecule has 0 unspecified atom stereocenters. The van der Waals surface area contributed by atoms with Crippen LogP contribution in [-0.4, -0.2) is 26.3 Å². The molecule has 0 atom stereocenters. The van der Waals surface area contributed by atoms with E-state index in [1.807, 2.05) is 6.07 Å². The van der Waals surface area contributed by atoms with E-state index in [1.165, 1.54) is 0 Å². The molecule has 0 saturated heterocycles. The van der Waals surface area contributed by atoms with Crippen LogP contribution in [0.2, 0.25) is 10.0 Å². The van der Waals surface area contributed by atoms with Crippen molar-refractivity contribution in [1.82, 2.24) is 23.3 Å². The lowest BCUT2D eigenvalue weighted by Crippen LogP contribution is -2.18. The van der Waals surface area contributed by atoms with Crippen LogP contribution in [0, 0.1) is 0 Å². The van der Waals surface area contributed by atoms with Crippen LogP contribution in [0.15, 0.2) is 29.2 Å². The first-order valence-electron chi connectivity index (χ1n) is 7.05. The summed E-state index contributed by atoms with van der Waals surface area (Å²) in [7, 11) is 0. The second kappa shape index (κ2) is 7.68. The maximum absolute atomic E-state index is 12.3. The predicted octanol–water partition coefficient (Wildman–Crippen LogP) is 2.98. The minimum atomic E-state index is -0.234. The van der Waals surface area contributed by atoms with Crippen molar-refractivity contribution < 1.29 is 0 Å². The summed E-state index contributed by atoms with van der Waals surface area (Å²) >= 11 is 13.9. The number of nitrogens with one attached hydrogen (secondary N) is 3. The van der Waals surface area contributed by atoms with E-state index in [9.17, 15) is 4.79 Å². The van der Waals surface area contributed by atoms with E-state index in [1.54, 1.807) is 23.0 Å². The normalized spacial score (nSPS) is 11.1. The number of hydrogen-bond donors (Lipinski definition) is 3. The molecule has 0 aliphatic heterocycles. The first kappa shape index (κ1) is 17.5. The van der Waals surface area contributed by atoms with E-state index >= 15 is 0 Å². The van der Waals surface area contributed by atoms with Crippen LogP contribution in [0.5, 0.6) is 0 Å². The van der Waals surface area contributed by atoms with Gasteiger partial charge in [0.25, 0.3) is 5.56 Å². The van der Waals surface area contributed by atoms with Crippen LogP contribution in [0.3, 0.4) is 0 Å². The third-order valence-corrected chi connectivity index (χ3v) is 4.64. The van der Waals surface area contributed by atoms with Crippen LogP contribution in [0.25, 0.3) is 11.0 Å². The molecule has 0 bridgehead atoms. The molecule has 0 aliphatic rings. The quantitative estimate of drug-likeness (QED) is 0.374. The van der Waals surface area contributed by atoms with Gasteiger partial charge in [-0.2, -0.15) is 5.10 Å². The zero-order valence-electron chi connectivity index (χ0n) is 12.3. The third-order valence-electron chi connectivity index (χ3n) is 3.36. The third kappa shape index (κ3) is 3.82. The number of halogens is 3. The zero-order valence-corrected chi connectivity index (χ0v) is 16.0. The molecular formula is C14H13Cl2IN6O. The van der Waals surface area contributed by atoms with Gasteiger partial charge in [-0.3, -0.25) is 18.0 Å². The number of hydrogen-bond acceptors (Lipinski definition) is 5. The van der Waals surface area contributed by atoms with Crippen molar-refractivity contribution in [2.24, 2.45) is 0 Å². The van der Waals surface area contributed by atoms with E-state index in [2.05, 4.69) is 46.8 Å². The van der Waals surface area contributed by atoms with Gasteiger partial charge >= 0.3 is 0 Å². The first-order valence-corrected chi connectivity index (χ1v) is 8.89. The van der Waals surface area contributed by atoms with Crippen molar-refractivity contribution in [3.63, 3.8) is 0 Å². The Morgan fingerprint density at radius 3 is 2.88 bits per heavy atom. The lowest BCUT2D eigenvalue weighted by molar-refractivity contribution is 0.635. The fourth-order valence-corrected chi connectivity index (χ4v) is 2.80. The minimum absolute atomic E-state index is 0.234. The van der Waals surface area contributed by atoms with E-state index in [0.29, 0.717) is 46.7 Å². The van der Waals surface area contributed by atoms with Crippen molar-refractivity contribution in [3.8, 4) is 0 Å². The Morgan fingerprint density at radius 2 is 2.12 bits per heavy atom. The van der Waals surface area contributed by atoms with E-state index < -0.39 is 0 Å². The number of aromatic amines is 1. The standard InChI is InChI=1S/C14H13Cl2IN6O/c15-9-2-1-8(5-10(9)16)6-18-14-21-11-7-20-23(4-3-19-17)12(11)13(24)22-14/h1-2,5,7,19H,3-4,6H2,(H2,18,21,22,24). The van der Waals surface area contributed by atoms with Gasteiger partial charge < -0.3 is 5.32 Å². The monoisotopic (exact) mass is 478 g/mol. The Morgan fingerprint density at radius 1 is 1.29 bits per heavy atom. The van der Waals surface area contributed by atoms with Gasteiger partial charge in [0.05, 0.1) is 22.8 Å².